The number of carbonyl (C=O) groups is 2. The highest BCUT2D eigenvalue weighted by Gasteiger charge is 2.33. The molecule has 0 bridgehead atoms. The minimum absolute atomic E-state index is 0.0653. The molecular weight excluding hydrogens is 518 g/mol. The molecule has 2 N–H and O–H groups in total. The molecule has 1 atom stereocenters. The topological polar surface area (TPSA) is 79.9 Å². The second kappa shape index (κ2) is 9.40. The fraction of sp³-hybridized carbons (Fsp3) is 0.280. The fourth-order valence-corrected chi connectivity index (χ4v) is 5.83. The van der Waals surface area contributed by atoms with Crippen LogP contribution in [0.15, 0.2) is 46.9 Å². The first kappa shape index (κ1) is 22.9. The number of anilines is 1. The van der Waals surface area contributed by atoms with Crippen molar-refractivity contribution in [2.45, 2.75) is 26.1 Å². The average molecular weight is 542 g/mol. The van der Waals surface area contributed by atoms with Gasteiger partial charge in [-0.1, -0.05) is 22.0 Å². The quantitative estimate of drug-likeness (QED) is 0.350. The van der Waals surface area contributed by atoms with E-state index in [1.165, 1.54) is 4.88 Å². The summed E-state index contributed by atoms with van der Waals surface area (Å²) in [5.41, 5.74) is 3.19. The van der Waals surface area contributed by atoms with E-state index < -0.39 is 12.1 Å². The number of nitrogens with one attached hydrogen (secondary N) is 2. The Balaban J connectivity index is 1.39. The van der Waals surface area contributed by atoms with E-state index >= 15 is 0 Å². The summed E-state index contributed by atoms with van der Waals surface area (Å²) < 4.78 is 12.3. The average Bonchev–Trinajstić information content (AvgIpc) is 3.18. The molecule has 9 heteroatoms. The van der Waals surface area contributed by atoms with Crippen molar-refractivity contribution in [3.63, 3.8) is 0 Å². The van der Waals surface area contributed by atoms with E-state index in [9.17, 15) is 9.59 Å². The van der Waals surface area contributed by atoms with Crippen LogP contribution in [0.1, 0.15) is 49.8 Å². The van der Waals surface area contributed by atoms with E-state index in [1.54, 1.807) is 47.7 Å². The van der Waals surface area contributed by atoms with Crippen LogP contribution < -0.4 is 20.1 Å². The van der Waals surface area contributed by atoms with Crippen molar-refractivity contribution in [3.05, 3.63) is 74.1 Å². The normalized spacial score (nSPS) is 17.3. The number of benzene rings is 2. The molecule has 2 aliphatic heterocycles. The highest BCUT2D eigenvalue weighted by Crippen LogP contribution is 2.41. The molecule has 0 saturated carbocycles. The minimum Gasteiger partial charge on any atom is -0.490 e. The standard InChI is InChI=1S/C25H24BrN3O4S/c1-3-32-19-12-15(6-9-18(19)33-25(31)14-4-7-16(26)8-5-14)22-27-23(30)21-17-10-11-29(2)13-20(17)34-24(21)28-22/h4-9,12,22,28H,3,10-11,13H2,1-2H3,(H,27,30)/t22-/m1/s1. The SMILES string of the molecule is CCOc1cc([C@@H]2NC(=O)c3c(sc4c3CCN(C)C4)N2)ccc1OC(=O)c1ccc(Br)cc1. The number of hydrogen-bond donors (Lipinski definition) is 2. The van der Waals surface area contributed by atoms with Crippen molar-refractivity contribution in [2.24, 2.45) is 0 Å². The second-order valence-corrected chi connectivity index (χ2v) is 10.3. The van der Waals surface area contributed by atoms with Gasteiger partial charge in [0.05, 0.1) is 17.7 Å². The van der Waals surface area contributed by atoms with Gasteiger partial charge < -0.3 is 25.0 Å². The molecule has 0 fully saturated rings. The molecule has 1 amide bonds. The zero-order chi connectivity index (χ0) is 23.8. The first-order valence-electron chi connectivity index (χ1n) is 11.1. The fourth-order valence-electron chi connectivity index (χ4n) is 4.21. The molecule has 34 heavy (non-hydrogen) atoms. The first-order valence-corrected chi connectivity index (χ1v) is 12.7. The summed E-state index contributed by atoms with van der Waals surface area (Å²) in [7, 11) is 2.10. The molecule has 3 heterocycles. The summed E-state index contributed by atoms with van der Waals surface area (Å²) in [6.07, 6.45) is 0.470. The van der Waals surface area contributed by atoms with Gasteiger partial charge in [0.15, 0.2) is 11.5 Å². The van der Waals surface area contributed by atoms with Gasteiger partial charge in [0.2, 0.25) is 0 Å². The van der Waals surface area contributed by atoms with E-state index in [1.807, 2.05) is 13.0 Å². The summed E-state index contributed by atoms with van der Waals surface area (Å²) >= 11 is 5.01. The Labute approximate surface area is 210 Å². The number of esters is 1. The lowest BCUT2D eigenvalue weighted by atomic mass is 10.0. The van der Waals surface area contributed by atoms with Gasteiger partial charge in [0.1, 0.15) is 11.2 Å². The van der Waals surface area contributed by atoms with Crippen LogP contribution in [-0.2, 0) is 13.0 Å². The summed E-state index contributed by atoms with van der Waals surface area (Å²) in [4.78, 5) is 29.1. The first-order chi connectivity index (χ1) is 16.4. The number of amides is 1. The van der Waals surface area contributed by atoms with Crippen LogP contribution in [0.2, 0.25) is 0 Å². The smallest absolute Gasteiger partial charge is 0.343 e. The lowest BCUT2D eigenvalue weighted by Crippen LogP contribution is -2.38. The van der Waals surface area contributed by atoms with Gasteiger partial charge in [-0.25, -0.2) is 4.79 Å². The Bertz CT molecular complexity index is 1260. The molecule has 2 aromatic carbocycles. The molecule has 0 saturated heterocycles. The summed E-state index contributed by atoms with van der Waals surface area (Å²) in [6, 6.07) is 12.3. The maximum absolute atomic E-state index is 13.0. The lowest BCUT2D eigenvalue weighted by molar-refractivity contribution is 0.0728. The zero-order valence-corrected chi connectivity index (χ0v) is 21.2. The summed E-state index contributed by atoms with van der Waals surface area (Å²) in [6.45, 7) is 4.09. The van der Waals surface area contributed by atoms with Crippen LogP contribution in [0.5, 0.6) is 11.5 Å². The van der Waals surface area contributed by atoms with Crippen molar-refractivity contribution in [1.82, 2.24) is 10.2 Å². The number of likely N-dealkylation sites (N-methyl/N-ethyl adjacent to an activating group) is 1. The zero-order valence-electron chi connectivity index (χ0n) is 18.8. The third-order valence-electron chi connectivity index (χ3n) is 5.91. The van der Waals surface area contributed by atoms with Crippen LogP contribution in [0.25, 0.3) is 0 Å². The van der Waals surface area contributed by atoms with Gasteiger partial charge in [-0.05, 0) is 67.9 Å². The van der Waals surface area contributed by atoms with Crippen LogP contribution in [0, 0.1) is 0 Å². The Kier molecular flexibility index (Phi) is 6.33. The molecule has 3 aromatic rings. The largest absolute Gasteiger partial charge is 0.490 e. The van der Waals surface area contributed by atoms with Gasteiger partial charge in [-0.3, -0.25) is 4.79 Å². The Morgan fingerprint density at radius 3 is 2.74 bits per heavy atom. The molecule has 7 nitrogen and oxygen atoms in total. The summed E-state index contributed by atoms with van der Waals surface area (Å²) in [5, 5.41) is 7.45. The van der Waals surface area contributed by atoms with Gasteiger partial charge >= 0.3 is 5.97 Å². The number of fused-ring (bicyclic) bond motifs is 3. The summed E-state index contributed by atoms with van der Waals surface area (Å²) in [5.74, 6) is 0.240. The number of rotatable bonds is 5. The third-order valence-corrected chi connectivity index (χ3v) is 7.59. The highest BCUT2D eigenvalue weighted by molar-refractivity contribution is 9.10. The molecule has 0 aliphatic carbocycles. The van der Waals surface area contributed by atoms with Crippen LogP contribution >= 0.6 is 27.3 Å². The molecular formula is C25H24BrN3O4S. The van der Waals surface area contributed by atoms with Gasteiger partial charge in [0.25, 0.3) is 5.91 Å². The predicted molar refractivity (Wildman–Crippen MR) is 135 cm³/mol. The van der Waals surface area contributed by atoms with E-state index in [2.05, 4.69) is 38.5 Å². The van der Waals surface area contributed by atoms with E-state index in [4.69, 9.17) is 9.47 Å². The lowest BCUT2D eigenvalue weighted by Gasteiger charge is -2.27. The highest BCUT2D eigenvalue weighted by atomic mass is 79.9. The van der Waals surface area contributed by atoms with Gasteiger partial charge in [0, 0.05) is 22.4 Å². The van der Waals surface area contributed by atoms with Crippen LogP contribution in [-0.4, -0.2) is 37.0 Å². The second-order valence-electron chi connectivity index (χ2n) is 8.28. The Morgan fingerprint density at radius 1 is 1.18 bits per heavy atom. The van der Waals surface area contributed by atoms with Crippen LogP contribution in [0.3, 0.4) is 0 Å². The van der Waals surface area contributed by atoms with Gasteiger partial charge in [-0.2, -0.15) is 0 Å². The van der Waals surface area contributed by atoms with Crippen molar-refractivity contribution in [1.29, 1.82) is 0 Å². The molecule has 0 unspecified atom stereocenters. The van der Waals surface area contributed by atoms with E-state index in [0.717, 1.165) is 45.7 Å². The number of ether oxygens (including phenoxy) is 2. The molecule has 2 aliphatic rings. The van der Waals surface area contributed by atoms with E-state index in [-0.39, 0.29) is 5.91 Å². The van der Waals surface area contributed by atoms with Crippen molar-refractivity contribution in [2.75, 3.05) is 25.5 Å². The van der Waals surface area contributed by atoms with Crippen molar-refractivity contribution in [3.8, 4) is 11.5 Å². The van der Waals surface area contributed by atoms with Gasteiger partial charge in [-0.15, -0.1) is 11.3 Å². The Hall–Kier alpha value is -2.88. The predicted octanol–water partition coefficient (Wildman–Crippen LogP) is 4.97. The maximum Gasteiger partial charge on any atom is 0.343 e. The van der Waals surface area contributed by atoms with Crippen LogP contribution in [0.4, 0.5) is 5.00 Å². The third kappa shape index (κ3) is 4.43. The Morgan fingerprint density at radius 2 is 1.97 bits per heavy atom. The number of carbonyl (C=O) groups excluding carboxylic acids is 2. The molecule has 0 spiro atoms. The molecule has 5 rings (SSSR count). The molecule has 1 aromatic heterocycles. The minimum atomic E-state index is -0.468. The van der Waals surface area contributed by atoms with E-state index in [0.29, 0.717) is 23.7 Å². The maximum atomic E-state index is 13.0. The molecule has 176 valence electrons. The number of halogens is 1. The monoisotopic (exact) mass is 541 g/mol. The molecule has 0 radical (unpaired) electrons. The number of hydrogen-bond acceptors (Lipinski definition) is 7. The van der Waals surface area contributed by atoms with Crippen molar-refractivity contribution < 1.29 is 19.1 Å². The number of thiophene rings is 1. The van der Waals surface area contributed by atoms with Crippen molar-refractivity contribution >= 4 is 44.1 Å². The number of nitrogens with zero attached hydrogens (tertiary/aromatic N) is 1.